The Morgan fingerprint density at radius 1 is 1.38 bits per heavy atom. The molecule has 1 aliphatic rings. The fourth-order valence-corrected chi connectivity index (χ4v) is 1.52. The van der Waals surface area contributed by atoms with Crippen LogP contribution in [0.3, 0.4) is 0 Å². The molecule has 5 N–H and O–H groups in total. The summed E-state index contributed by atoms with van der Waals surface area (Å²) in [5, 5.41) is 4.42. The van der Waals surface area contributed by atoms with Crippen LogP contribution in [-0.2, 0) is 0 Å². The fraction of sp³-hybridized carbons (Fsp3) is 0.333. The quantitative estimate of drug-likeness (QED) is 0.461. The van der Waals surface area contributed by atoms with E-state index in [0.717, 1.165) is 24.6 Å². The average Bonchev–Trinajstić information content (AvgIpc) is 2.30. The number of rotatable bonds is 2. The third kappa shape index (κ3) is 2.10. The Balaban J connectivity index is 2.24. The number of hydrogen-bond acceptors (Lipinski definition) is 6. The van der Waals surface area contributed by atoms with Crippen molar-refractivity contribution in [3.8, 4) is 0 Å². The predicted molar refractivity (Wildman–Crippen MR) is 57.4 cm³/mol. The van der Waals surface area contributed by atoms with Crippen molar-refractivity contribution in [1.82, 2.24) is 15.3 Å². The number of hydrogen-bond donors (Lipinski definition) is 3. The summed E-state index contributed by atoms with van der Waals surface area (Å²) >= 11 is 0. The van der Waals surface area contributed by atoms with Crippen LogP contribution in [-0.4, -0.2) is 23.1 Å². The van der Waals surface area contributed by atoms with E-state index >= 15 is 0 Å². The molecule has 86 valence electrons. The zero-order chi connectivity index (χ0) is 11.5. The van der Waals surface area contributed by atoms with Crippen molar-refractivity contribution >= 4 is 5.95 Å². The predicted octanol–water partition coefficient (Wildman–Crippen LogP) is -0.541. The molecule has 0 aliphatic carbocycles. The molecule has 16 heavy (non-hydrogen) atoms. The number of hydrazine groups is 1. The Labute approximate surface area is 92.1 Å². The van der Waals surface area contributed by atoms with Crippen LogP contribution in [0.4, 0.5) is 10.3 Å². The van der Waals surface area contributed by atoms with Crippen molar-refractivity contribution in [2.24, 2.45) is 11.6 Å². The third-order valence-corrected chi connectivity index (χ3v) is 2.34. The van der Waals surface area contributed by atoms with Crippen LogP contribution in [0.5, 0.6) is 0 Å². The van der Waals surface area contributed by atoms with E-state index in [0.29, 0.717) is 18.7 Å². The van der Waals surface area contributed by atoms with Crippen molar-refractivity contribution < 1.29 is 4.39 Å². The van der Waals surface area contributed by atoms with E-state index in [1.165, 1.54) is 5.01 Å². The minimum absolute atomic E-state index is 0.237. The van der Waals surface area contributed by atoms with Gasteiger partial charge in [-0.25, -0.2) is 25.2 Å². The summed E-state index contributed by atoms with van der Waals surface area (Å²) in [6.45, 7) is 1.38. The van der Waals surface area contributed by atoms with Gasteiger partial charge < -0.3 is 11.1 Å². The second kappa shape index (κ2) is 4.42. The lowest BCUT2D eigenvalue weighted by molar-refractivity contribution is 0.609. The summed E-state index contributed by atoms with van der Waals surface area (Å²) in [5.74, 6) is 5.57. The first-order valence-electron chi connectivity index (χ1n) is 4.89. The van der Waals surface area contributed by atoms with Crippen LogP contribution in [0.15, 0.2) is 23.8 Å². The van der Waals surface area contributed by atoms with Gasteiger partial charge in [0, 0.05) is 25.2 Å². The second-order valence-electron chi connectivity index (χ2n) is 3.47. The number of anilines is 1. The highest BCUT2D eigenvalue weighted by molar-refractivity contribution is 5.39. The molecule has 2 heterocycles. The molecule has 0 saturated carbocycles. The maximum Gasteiger partial charge on any atom is 0.244 e. The van der Waals surface area contributed by atoms with Crippen LogP contribution in [0.25, 0.3) is 0 Å². The molecule has 0 unspecified atom stereocenters. The minimum Gasteiger partial charge on any atom is -0.400 e. The lowest BCUT2D eigenvalue weighted by atomic mass is 10.2. The number of aromatic nitrogens is 2. The maximum absolute atomic E-state index is 12.6. The van der Waals surface area contributed by atoms with Crippen LogP contribution in [0.2, 0.25) is 0 Å². The van der Waals surface area contributed by atoms with E-state index in [9.17, 15) is 4.39 Å². The van der Waals surface area contributed by atoms with Crippen LogP contribution in [0, 0.1) is 5.82 Å². The Kier molecular flexibility index (Phi) is 2.97. The number of halogens is 1. The maximum atomic E-state index is 12.6. The Bertz CT molecular complexity index is 401. The van der Waals surface area contributed by atoms with Gasteiger partial charge in [-0.05, 0) is 0 Å². The normalized spacial score (nSPS) is 16.4. The van der Waals surface area contributed by atoms with Gasteiger partial charge >= 0.3 is 0 Å². The third-order valence-electron chi connectivity index (χ3n) is 2.34. The number of nitrogens with two attached hydrogens (primary N) is 2. The van der Waals surface area contributed by atoms with Gasteiger partial charge in [0.2, 0.25) is 5.95 Å². The van der Waals surface area contributed by atoms with E-state index in [4.69, 9.17) is 11.6 Å². The molecule has 0 spiro atoms. The zero-order valence-corrected chi connectivity index (χ0v) is 8.65. The molecule has 0 bridgehead atoms. The van der Waals surface area contributed by atoms with Crippen molar-refractivity contribution in [2.75, 3.05) is 18.1 Å². The molecular weight excluding hydrogens is 211 g/mol. The molecule has 0 atom stereocenters. The molecule has 7 heteroatoms. The van der Waals surface area contributed by atoms with Gasteiger partial charge in [-0.15, -0.1) is 0 Å². The molecule has 2 rings (SSSR count). The fourth-order valence-electron chi connectivity index (χ4n) is 1.52. The van der Waals surface area contributed by atoms with E-state index in [2.05, 4.69) is 15.3 Å². The van der Waals surface area contributed by atoms with Crippen molar-refractivity contribution in [1.29, 1.82) is 0 Å². The summed E-state index contributed by atoms with van der Waals surface area (Å²) in [6, 6.07) is 0. The molecule has 0 radical (unpaired) electrons. The van der Waals surface area contributed by atoms with E-state index in [1.807, 2.05) is 0 Å². The van der Waals surface area contributed by atoms with Crippen LogP contribution in [0.1, 0.15) is 6.42 Å². The molecule has 0 amide bonds. The van der Waals surface area contributed by atoms with Gasteiger partial charge in [-0.3, -0.25) is 0 Å². The van der Waals surface area contributed by atoms with Gasteiger partial charge in [0.15, 0.2) is 5.82 Å². The van der Waals surface area contributed by atoms with Gasteiger partial charge in [-0.1, -0.05) is 0 Å². The lowest BCUT2D eigenvalue weighted by Crippen LogP contribution is -2.40. The van der Waals surface area contributed by atoms with Crippen molar-refractivity contribution in [2.45, 2.75) is 6.42 Å². The number of nitrogens with one attached hydrogen (secondary N) is 1. The summed E-state index contributed by atoms with van der Waals surface area (Å²) < 4.78 is 12.6. The summed E-state index contributed by atoms with van der Waals surface area (Å²) in [6.07, 6.45) is 2.84. The van der Waals surface area contributed by atoms with Crippen molar-refractivity contribution in [3.05, 3.63) is 29.6 Å². The molecular formula is C9H13FN6. The first kappa shape index (κ1) is 10.8. The molecule has 0 aromatic carbocycles. The van der Waals surface area contributed by atoms with Gasteiger partial charge in [0.1, 0.15) is 0 Å². The highest BCUT2D eigenvalue weighted by Crippen LogP contribution is 2.15. The molecule has 6 nitrogen and oxygen atoms in total. The monoisotopic (exact) mass is 224 g/mol. The highest BCUT2D eigenvalue weighted by Gasteiger charge is 2.17. The van der Waals surface area contributed by atoms with E-state index in [-0.39, 0.29) is 5.95 Å². The smallest absolute Gasteiger partial charge is 0.244 e. The first-order chi connectivity index (χ1) is 7.68. The Morgan fingerprint density at radius 2 is 2.06 bits per heavy atom. The minimum atomic E-state index is -0.496. The standard InChI is InChI=1S/C9H13FN6/c10-6-3-14-9(15-4-6)16(12)8-1-2-13-5-7(8)11/h3-4,13H,1-2,5,11-12H2. The number of nitrogens with zero attached hydrogens (tertiary/aromatic N) is 3. The molecule has 0 fully saturated rings. The van der Waals surface area contributed by atoms with Gasteiger partial charge in [0.05, 0.1) is 18.1 Å². The molecule has 1 aromatic heterocycles. The average molecular weight is 224 g/mol. The first-order valence-corrected chi connectivity index (χ1v) is 4.89. The molecule has 1 aromatic rings. The second-order valence-corrected chi connectivity index (χ2v) is 3.47. The molecule has 0 saturated heterocycles. The highest BCUT2D eigenvalue weighted by atomic mass is 19.1. The Hall–Kier alpha value is -1.73. The lowest BCUT2D eigenvalue weighted by Gasteiger charge is -2.25. The van der Waals surface area contributed by atoms with Crippen molar-refractivity contribution in [3.63, 3.8) is 0 Å². The van der Waals surface area contributed by atoms with Gasteiger partial charge in [0.25, 0.3) is 0 Å². The largest absolute Gasteiger partial charge is 0.400 e. The van der Waals surface area contributed by atoms with Crippen LogP contribution < -0.4 is 21.9 Å². The topological polar surface area (TPSA) is 93.1 Å². The molecule has 1 aliphatic heterocycles. The van der Waals surface area contributed by atoms with E-state index < -0.39 is 5.82 Å². The summed E-state index contributed by atoms with van der Waals surface area (Å²) in [5.41, 5.74) is 7.24. The van der Waals surface area contributed by atoms with E-state index in [1.54, 1.807) is 0 Å². The van der Waals surface area contributed by atoms with Crippen LogP contribution >= 0.6 is 0 Å². The van der Waals surface area contributed by atoms with Gasteiger partial charge in [-0.2, -0.15) is 0 Å². The zero-order valence-electron chi connectivity index (χ0n) is 8.65. The SMILES string of the molecule is NC1=C(N(N)c2ncc(F)cn2)CCNC1. The Morgan fingerprint density at radius 3 is 2.69 bits per heavy atom. The summed E-state index contributed by atoms with van der Waals surface area (Å²) in [7, 11) is 0. The summed E-state index contributed by atoms with van der Waals surface area (Å²) in [4.78, 5) is 7.59.